The van der Waals surface area contributed by atoms with E-state index in [1.54, 1.807) is 11.3 Å². The number of carbonyl (C=O) groups excluding carboxylic acids is 2. The van der Waals surface area contributed by atoms with E-state index in [9.17, 15) is 9.59 Å². The minimum absolute atomic E-state index is 0.109. The van der Waals surface area contributed by atoms with E-state index in [0.29, 0.717) is 19.7 Å². The number of carbonyl (C=O) groups is 2. The van der Waals surface area contributed by atoms with Crippen molar-refractivity contribution in [1.82, 2.24) is 9.80 Å². The molecule has 23 heavy (non-hydrogen) atoms. The highest BCUT2D eigenvalue weighted by Gasteiger charge is 2.29. The molecule has 0 N–H and O–H groups in total. The van der Waals surface area contributed by atoms with Gasteiger partial charge in [-0.25, -0.2) is 0 Å². The Morgan fingerprint density at radius 3 is 2.91 bits per heavy atom. The standard InChI is InChI=1S/C17H26N2O3S/c1-3-18(12-15-8-6-10-23-15)13-16(20)19-9-5-7-14(11-19)17(21)22-4-2/h6,8,10,14H,3-5,7,9,11-13H2,1-2H3. The zero-order valence-electron chi connectivity index (χ0n) is 14.0. The van der Waals surface area contributed by atoms with Crippen molar-refractivity contribution >= 4 is 23.2 Å². The predicted molar refractivity (Wildman–Crippen MR) is 91.2 cm³/mol. The van der Waals surface area contributed by atoms with Crippen LogP contribution < -0.4 is 0 Å². The highest BCUT2D eigenvalue weighted by molar-refractivity contribution is 7.09. The van der Waals surface area contributed by atoms with Gasteiger partial charge in [-0.05, 0) is 37.8 Å². The van der Waals surface area contributed by atoms with E-state index in [-0.39, 0.29) is 17.8 Å². The van der Waals surface area contributed by atoms with Crippen molar-refractivity contribution in [3.8, 4) is 0 Å². The lowest BCUT2D eigenvalue weighted by Gasteiger charge is -2.33. The van der Waals surface area contributed by atoms with E-state index < -0.39 is 0 Å². The molecular weight excluding hydrogens is 312 g/mol. The Kier molecular flexibility index (Phi) is 7.05. The Hall–Kier alpha value is -1.40. The van der Waals surface area contributed by atoms with Gasteiger partial charge in [-0.2, -0.15) is 0 Å². The minimum atomic E-state index is -0.170. The third-order valence-corrected chi connectivity index (χ3v) is 5.02. The third kappa shape index (κ3) is 5.32. The molecule has 128 valence electrons. The summed E-state index contributed by atoms with van der Waals surface area (Å²) in [4.78, 5) is 29.7. The Balaban J connectivity index is 1.87. The summed E-state index contributed by atoms with van der Waals surface area (Å²) in [6, 6.07) is 4.12. The topological polar surface area (TPSA) is 49.9 Å². The van der Waals surface area contributed by atoms with Gasteiger partial charge in [0.1, 0.15) is 0 Å². The molecule has 1 amide bonds. The number of likely N-dealkylation sites (N-methyl/N-ethyl adjacent to an activating group) is 1. The van der Waals surface area contributed by atoms with E-state index in [2.05, 4.69) is 23.3 Å². The van der Waals surface area contributed by atoms with Crippen LogP contribution in [0.25, 0.3) is 0 Å². The number of esters is 1. The average Bonchev–Trinajstić information content (AvgIpc) is 3.07. The molecule has 0 aromatic carbocycles. The van der Waals surface area contributed by atoms with Crippen LogP contribution in [-0.4, -0.2) is 54.5 Å². The monoisotopic (exact) mass is 338 g/mol. The van der Waals surface area contributed by atoms with Gasteiger partial charge in [-0.1, -0.05) is 13.0 Å². The molecule has 2 heterocycles. The van der Waals surface area contributed by atoms with E-state index in [1.165, 1.54) is 4.88 Å². The minimum Gasteiger partial charge on any atom is -0.466 e. The van der Waals surface area contributed by atoms with Crippen molar-refractivity contribution in [2.24, 2.45) is 5.92 Å². The molecule has 0 bridgehead atoms. The lowest BCUT2D eigenvalue weighted by atomic mass is 9.98. The summed E-state index contributed by atoms with van der Waals surface area (Å²) in [5, 5.41) is 2.06. The van der Waals surface area contributed by atoms with Crippen molar-refractivity contribution < 1.29 is 14.3 Å². The molecule has 1 aromatic rings. The second kappa shape index (κ2) is 9.03. The fourth-order valence-corrected chi connectivity index (χ4v) is 3.60. The quantitative estimate of drug-likeness (QED) is 0.716. The van der Waals surface area contributed by atoms with Crippen LogP contribution in [0.4, 0.5) is 0 Å². The Morgan fingerprint density at radius 1 is 1.43 bits per heavy atom. The van der Waals surface area contributed by atoms with Gasteiger partial charge in [0.15, 0.2) is 0 Å². The van der Waals surface area contributed by atoms with Gasteiger partial charge in [0, 0.05) is 24.5 Å². The number of rotatable bonds is 7. The van der Waals surface area contributed by atoms with Crippen molar-refractivity contribution in [3.05, 3.63) is 22.4 Å². The zero-order valence-corrected chi connectivity index (χ0v) is 14.8. The Morgan fingerprint density at radius 2 is 2.26 bits per heavy atom. The van der Waals surface area contributed by atoms with Crippen LogP contribution in [0.15, 0.2) is 17.5 Å². The molecule has 0 radical (unpaired) electrons. The second-order valence-corrected chi connectivity index (χ2v) is 6.85. The zero-order chi connectivity index (χ0) is 16.7. The first kappa shape index (κ1) is 17.9. The number of hydrogen-bond acceptors (Lipinski definition) is 5. The average molecular weight is 338 g/mol. The second-order valence-electron chi connectivity index (χ2n) is 5.81. The molecule has 1 aliphatic rings. The van der Waals surface area contributed by atoms with Crippen molar-refractivity contribution in [2.45, 2.75) is 33.2 Å². The summed E-state index contributed by atoms with van der Waals surface area (Å²) in [5.41, 5.74) is 0. The molecule has 1 aliphatic heterocycles. The van der Waals surface area contributed by atoms with Gasteiger partial charge in [0.2, 0.25) is 5.91 Å². The highest BCUT2D eigenvalue weighted by atomic mass is 32.1. The maximum Gasteiger partial charge on any atom is 0.310 e. The number of hydrogen-bond donors (Lipinski definition) is 0. The molecule has 1 aromatic heterocycles. The number of thiophene rings is 1. The summed E-state index contributed by atoms with van der Waals surface area (Å²) >= 11 is 1.71. The fraction of sp³-hybridized carbons (Fsp3) is 0.647. The van der Waals surface area contributed by atoms with Gasteiger partial charge in [0.05, 0.1) is 19.1 Å². The molecule has 5 nitrogen and oxygen atoms in total. The summed E-state index contributed by atoms with van der Waals surface area (Å²) in [7, 11) is 0. The first-order valence-electron chi connectivity index (χ1n) is 8.33. The summed E-state index contributed by atoms with van der Waals surface area (Å²) < 4.78 is 5.10. The maximum atomic E-state index is 12.6. The van der Waals surface area contributed by atoms with Crippen LogP contribution in [0.2, 0.25) is 0 Å². The van der Waals surface area contributed by atoms with E-state index >= 15 is 0 Å². The van der Waals surface area contributed by atoms with Gasteiger partial charge < -0.3 is 9.64 Å². The van der Waals surface area contributed by atoms with E-state index in [0.717, 1.165) is 32.5 Å². The maximum absolute atomic E-state index is 12.6. The molecular formula is C17H26N2O3S. The first-order valence-corrected chi connectivity index (χ1v) is 9.21. The molecule has 0 aliphatic carbocycles. The molecule has 2 rings (SSSR count). The van der Waals surface area contributed by atoms with Gasteiger partial charge >= 0.3 is 5.97 Å². The highest BCUT2D eigenvalue weighted by Crippen LogP contribution is 2.19. The predicted octanol–water partition coefficient (Wildman–Crippen LogP) is 2.37. The van der Waals surface area contributed by atoms with Crippen LogP contribution >= 0.6 is 11.3 Å². The van der Waals surface area contributed by atoms with Crippen molar-refractivity contribution in [1.29, 1.82) is 0 Å². The lowest BCUT2D eigenvalue weighted by Crippen LogP contribution is -2.46. The summed E-state index contributed by atoms with van der Waals surface area (Å²) in [6.45, 7) is 7.55. The van der Waals surface area contributed by atoms with Crippen molar-refractivity contribution in [3.63, 3.8) is 0 Å². The lowest BCUT2D eigenvalue weighted by molar-refractivity contribution is -0.151. The first-order chi connectivity index (χ1) is 11.1. The fourth-order valence-electron chi connectivity index (χ4n) is 2.85. The molecule has 6 heteroatoms. The number of ether oxygens (including phenoxy) is 1. The number of piperidine rings is 1. The normalized spacial score (nSPS) is 18.2. The van der Waals surface area contributed by atoms with Crippen LogP contribution in [0, 0.1) is 5.92 Å². The summed E-state index contributed by atoms with van der Waals surface area (Å²) in [5.74, 6) is -0.228. The molecule has 1 unspecified atom stereocenters. The van der Waals surface area contributed by atoms with Crippen LogP contribution in [-0.2, 0) is 20.9 Å². The smallest absolute Gasteiger partial charge is 0.310 e. The molecule has 0 spiro atoms. The number of likely N-dealkylation sites (tertiary alicyclic amines) is 1. The third-order valence-electron chi connectivity index (χ3n) is 4.16. The van der Waals surface area contributed by atoms with Gasteiger partial charge in [0.25, 0.3) is 0 Å². The number of nitrogens with zero attached hydrogens (tertiary/aromatic N) is 2. The molecule has 1 atom stereocenters. The van der Waals surface area contributed by atoms with Crippen LogP contribution in [0.1, 0.15) is 31.6 Å². The number of amides is 1. The van der Waals surface area contributed by atoms with Crippen LogP contribution in [0.5, 0.6) is 0 Å². The van der Waals surface area contributed by atoms with Gasteiger partial charge in [-0.3, -0.25) is 14.5 Å². The SMILES string of the molecule is CCOC(=O)C1CCCN(C(=O)CN(CC)Cc2cccs2)C1. The summed E-state index contributed by atoms with van der Waals surface area (Å²) in [6.07, 6.45) is 1.68. The Bertz CT molecular complexity index is 504. The van der Waals surface area contributed by atoms with E-state index in [1.807, 2.05) is 17.9 Å². The molecule has 1 fully saturated rings. The largest absolute Gasteiger partial charge is 0.466 e. The van der Waals surface area contributed by atoms with E-state index in [4.69, 9.17) is 4.74 Å². The molecule has 0 saturated carbocycles. The van der Waals surface area contributed by atoms with Crippen LogP contribution in [0.3, 0.4) is 0 Å². The molecule has 1 saturated heterocycles. The Labute approximate surface area is 142 Å². The van der Waals surface area contributed by atoms with Gasteiger partial charge in [-0.15, -0.1) is 11.3 Å². The van der Waals surface area contributed by atoms with Crippen molar-refractivity contribution in [2.75, 3.05) is 32.8 Å².